The van der Waals surface area contributed by atoms with E-state index in [0.29, 0.717) is 5.92 Å². The first kappa shape index (κ1) is 8.75. The van der Waals surface area contributed by atoms with Crippen LogP contribution in [0, 0.1) is 5.92 Å². The number of rotatable bonds is 3. The zero-order chi connectivity index (χ0) is 8.27. The second-order valence-corrected chi connectivity index (χ2v) is 3.00. The van der Waals surface area contributed by atoms with Crippen molar-refractivity contribution in [2.24, 2.45) is 5.92 Å². The van der Waals surface area contributed by atoms with Gasteiger partial charge in [-0.1, -0.05) is 12.2 Å². The first-order chi connectivity index (χ1) is 5.29. The van der Waals surface area contributed by atoms with E-state index in [1.807, 2.05) is 0 Å². The van der Waals surface area contributed by atoms with Gasteiger partial charge in [-0.3, -0.25) is 0 Å². The molecule has 0 aromatic carbocycles. The Hall–Kier alpha value is -0.340. The van der Waals surface area contributed by atoms with Crippen LogP contribution in [0.4, 0.5) is 0 Å². The van der Waals surface area contributed by atoms with E-state index in [9.17, 15) is 0 Å². The van der Waals surface area contributed by atoms with Gasteiger partial charge in [0.25, 0.3) is 0 Å². The molecule has 1 atom stereocenters. The van der Waals surface area contributed by atoms with Crippen molar-refractivity contribution in [3.63, 3.8) is 0 Å². The van der Waals surface area contributed by atoms with Crippen molar-refractivity contribution in [2.75, 3.05) is 14.2 Å². The Balaban J connectivity index is 2.49. The third kappa shape index (κ3) is 1.82. The van der Waals surface area contributed by atoms with Gasteiger partial charge in [-0.25, -0.2) is 0 Å². The topological polar surface area (TPSA) is 18.5 Å². The second kappa shape index (κ2) is 3.88. The highest BCUT2D eigenvalue weighted by atomic mass is 16.7. The molecule has 0 amide bonds. The van der Waals surface area contributed by atoms with Crippen molar-refractivity contribution >= 4 is 0 Å². The Morgan fingerprint density at radius 3 is 2.45 bits per heavy atom. The molecule has 1 aliphatic carbocycles. The molecule has 1 unspecified atom stereocenters. The van der Waals surface area contributed by atoms with Crippen LogP contribution in [0.25, 0.3) is 0 Å². The molecule has 0 heterocycles. The van der Waals surface area contributed by atoms with Crippen molar-refractivity contribution in [2.45, 2.75) is 25.6 Å². The zero-order valence-electron chi connectivity index (χ0n) is 7.30. The van der Waals surface area contributed by atoms with Crippen molar-refractivity contribution in [1.29, 1.82) is 0 Å². The van der Waals surface area contributed by atoms with E-state index < -0.39 is 0 Å². The average Bonchev–Trinajstić information content (AvgIpc) is 2.40. The quantitative estimate of drug-likeness (QED) is 0.459. The molecule has 11 heavy (non-hydrogen) atoms. The summed E-state index contributed by atoms with van der Waals surface area (Å²) in [4.78, 5) is 0. The van der Waals surface area contributed by atoms with Gasteiger partial charge in [0.05, 0.1) is 0 Å². The minimum Gasteiger partial charge on any atom is -0.355 e. The van der Waals surface area contributed by atoms with Crippen molar-refractivity contribution < 1.29 is 9.47 Å². The fourth-order valence-corrected chi connectivity index (χ4v) is 1.69. The Morgan fingerprint density at radius 2 is 2.09 bits per heavy atom. The lowest BCUT2D eigenvalue weighted by atomic mass is 10.0. The van der Waals surface area contributed by atoms with E-state index >= 15 is 0 Å². The average molecular weight is 156 g/mol. The van der Waals surface area contributed by atoms with Crippen LogP contribution >= 0.6 is 0 Å². The molecule has 2 heteroatoms. The van der Waals surface area contributed by atoms with Crippen LogP contribution in [-0.4, -0.2) is 20.5 Å². The molecule has 0 saturated heterocycles. The first-order valence-corrected chi connectivity index (χ1v) is 4.03. The molecule has 1 rings (SSSR count). The molecule has 2 nitrogen and oxygen atoms in total. The predicted molar refractivity (Wildman–Crippen MR) is 44.3 cm³/mol. The summed E-state index contributed by atoms with van der Waals surface area (Å²) in [6.45, 7) is 3.99. The fraction of sp³-hybridized carbons (Fsp3) is 0.778. The molecule has 1 fully saturated rings. The van der Waals surface area contributed by atoms with Gasteiger partial charge in [0.1, 0.15) is 0 Å². The SMILES string of the molecule is C=C1CCCC1C(OC)OC. The molecule has 64 valence electrons. The number of methoxy groups -OCH3 is 2. The molecular weight excluding hydrogens is 140 g/mol. The van der Waals surface area contributed by atoms with Crippen LogP contribution in [0.5, 0.6) is 0 Å². The molecule has 1 aliphatic rings. The van der Waals surface area contributed by atoms with Gasteiger partial charge >= 0.3 is 0 Å². The summed E-state index contributed by atoms with van der Waals surface area (Å²) in [5, 5.41) is 0. The van der Waals surface area contributed by atoms with Gasteiger partial charge in [-0.15, -0.1) is 0 Å². The first-order valence-electron chi connectivity index (χ1n) is 4.03. The van der Waals surface area contributed by atoms with Crippen LogP contribution in [0.1, 0.15) is 19.3 Å². The van der Waals surface area contributed by atoms with E-state index in [1.165, 1.54) is 12.0 Å². The Morgan fingerprint density at radius 1 is 1.45 bits per heavy atom. The summed E-state index contributed by atoms with van der Waals surface area (Å²) in [5.74, 6) is 0.421. The fourth-order valence-electron chi connectivity index (χ4n) is 1.69. The maximum atomic E-state index is 5.17. The second-order valence-electron chi connectivity index (χ2n) is 3.00. The van der Waals surface area contributed by atoms with Gasteiger partial charge in [0.15, 0.2) is 6.29 Å². The third-order valence-corrected chi connectivity index (χ3v) is 2.33. The van der Waals surface area contributed by atoms with Crippen LogP contribution in [0.15, 0.2) is 12.2 Å². The van der Waals surface area contributed by atoms with Gasteiger partial charge in [0.2, 0.25) is 0 Å². The lowest BCUT2D eigenvalue weighted by Gasteiger charge is -2.20. The maximum Gasteiger partial charge on any atom is 0.163 e. The van der Waals surface area contributed by atoms with Gasteiger partial charge in [-0.05, 0) is 19.3 Å². The summed E-state index contributed by atoms with van der Waals surface area (Å²) in [6.07, 6.45) is 3.44. The summed E-state index contributed by atoms with van der Waals surface area (Å²) in [6, 6.07) is 0. The van der Waals surface area contributed by atoms with Gasteiger partial charge in [-0.2, -0.15) is 0 Å². The normalized spacial score (nSPS) is 25.0. The van der Waals surface area contributed by atoms with Crippen LogP contribution < -0.4 is 0 Å². The molecule has 0 aromatic rings. The monoisotopic (exact) mass is 156 g/mol. The Kier molecular flexibility index (Phi) is 3.09. The molecule has 0 N–H and O–H groups in total. The van der Waals surface area contributed by atoms with E-state index in [4.69, 9.17) is 9.47 Å². The summed E-state index contributed by atoms with van der Waals surface area (Å²) in [5.41, 5.74) is 1.28. The minimum absolute atomic E-state index is 0.0787. The number of hydrogen-bond donors (Lipinski definition) is 0. The number of hydrogen-bond acceptors (Lipinski definition) is 2. The van der Waals surface area contributed by atoms with E-state index in [1.54, 1.807) is 14.2 Å². The summed E-state index contributed by atoms with van der Waals surface area (Å²) >= 11 is 0. The Bertz CT molecular complexity index is 138. The number of ether oxygens (including phenoxy) is 2. The highest BCUT2D eigenvalue weighted by molar-refractivity contribution is 5.06. The standard InChI is InChI=1S/C9H16O2/c1-7-5-4-6-8(7)9(10-2)11-3/h8-9H,1,4-6H2,2-3H3. The molecule has 1 saturated carbocycles. The van der Waals surface area contributed by atoms with Crippen molar-refractivity contribution in [3.8, 4) is 0 Å². The summed E-state index contributed by atoms with van der Waals surface area (Å²) < 4.78 is 10.3. The minimum atomic E-state index is -0.0787. The largest absolute Gasteiger partial charge is 0.355 e. The van der Waals surface area contributed by atoms with Gasteiger partial charge in [0, 0.05) is 20.1 Å². The lowest BCUT2D eigenvalue weighted by Crippen LogP contribution is -2.23. The smallest absolute Gasteiger partial charge is 0.163 e. The van der Waals surface area contributed by atoms with E-state index in [-0.39, 0.29) is 6.29 Å². The molecule has 0 aliphatic heterocycles. The van der Waals surface area contributed by atoms with Gasteiger partial charge < -0.3 is 9.47 Å². The van der Waals surface area contributed by atoms with Crippen LogP contribution in [0.2, 0.25) is 0 Å². The zero-order valence-corrected chi connectivity index (χ0v) is 7.30. The highest BCUT2D eigenvalue weighted by Crippen LogP contribution is 2.33. The van der Waals surface area contributed by atoms with E-state index in [2.05, 4.69) is 6.58 Å². The van der Waals surface area contributed by atoms with Crippen LogP contribution in [0.3, 0.4) is 0 Å². The van der Waals surface area contributed by atoms with Crippen molar-refractivity contribution in [3.05, 3.63) is 12.2 Å². The highest BCUT2D eigenvalue weighted by Gasteiger charge is 2.27. The molecule has 0 spiro atoms. The third-order valence-electron chi connectivity index (χ3n) is 2.33. The lowest BCUT2D eigenvalue weighted by molar-refractivity contribution is -0.127. The maximum absolute atomic E-state index is 5.17. The molecule has 0 bridgehead atoms. The predicted octanol–water partition coefficient (Wildman–Crippen LogP) is 1.96. The molecular formula is C9H16O2. The van der Waals surface area contributed by atoms with Crippen LogP contribution in [-0.2, 0) is 9.47 Å². The summed E-state index contributed by atoms with van der Waals surface area (Å²) in [7, 11) is 3.36. The van der Waals surface area contributed by atoms with E-state index in [0.717, 1.165) is 12.8 Å². The Labute approximate surface area is 68.2 Å². The molecule has 0 aromatic heterocycles. The molecule has 0 radical (unpaired) electrons. The van der Waals surface area contributed by atoms with Crippen molar-refractivity contribution in [1.82, 2.24) is 0 Å².